The molecule has 0 aromatic carbocycles. The van der Waals surface area contributed by atoms with Gasteiger partial charge in [-0.2, -0.15) is 0 Å². The van der Waals surface area contributed by atoms with E-state index in [1.165, 1.54) is 0 Å². The van der Waals surface area contributed by atoms with Gasteiger partial charge in [0.05, 0.1) is 5.92 Å². The van der Waals surface area contributed by atoms with Gasteiger partial charge in [-0.05, 0) is 18.8 Å². The smallest absolute Gasteiger partial charge is 0.332 e. The molecule has 1 unspecified atom stereocenters. The zero-order chi connectivity index (χ0) is 13.4. The number of carboxylic acids is 2. The van der Waals surface area contributed by atoms with Crippen LogP contribution < -0.4 is 0 Å². The molecule has 0 rings (SSSR count). The Morgan fingerprint density at radius 3 is 2.18 bits per heavy atom. The van der Waals surface area contributed by atoms with Gasteiger partial charge >= 0.3 is 11.9 Å². The van der Waals surface area contributed by atoms with Gasteiger partial charge in [0, 0.05) is 5.57 Å². The summed E-state index contributed by atoms with van der Waals surface area (Å²) in [5.41, 5.74) is 0.0275. The van der Waals surface area contributed by atoms with Crippen LogP contribution in [0.1, 0.15) is 46.5 Å². The highest BCUT2D eigenvalue weighted by Crippen LogP contribution is 2.22. The molecule has 0 bridgehead atoms. The average molecular weight is 242 g/mol. The van der Waals surface area contributed by atoms with Crippen LogP contribution in [0, 0.1) is 11.8 Å². The summed E-state index contributed by atoms with van der Waals surface area (Å²) in [7, 11) is 0. The van der Waals surface area contributed by atoms with Gasteiger partial charge < -0.3 is 10.2 Å². The van der Waals surface area contributed by atoms with Crippen molar-refractivity contribution in [2.75, 3.05) is 0 Å². The minimum atomic E-state index is -1.12. The largest absolute Gasteiger partial charge is 0.481 e. The molecule has 2 N–H and O–H groups in total. The molecule has 1 atom stereocenters. The van der Waals surface area contributed by atoms with E-state index in [0.29, 0.717) is 12.8 Å². The maximum atomic E-state index is 11.1. The fraction of sp³-hybridized carbons (Fsp3) is 0.692. The minimum Gasteiger partial charge on any atom is -0.481 e. The standard InChI is InChI=1S/C13H22O4/c1-4-5-6-7-10(12(14)15)11(13(16)17)8-9(2)3/h7,9,11H,4-6,8H2,1-3H3,(H,14,15)(H,16,17). The summed E-state index contributed by atoms with van der Waals surface area (Å²) < 4.78 is 0. The van der Waals surface area contributed by atoms with Gasteiger partial charge in [0.15, 0.2) is 0 Å². The maximum absolute atomic E-state index is 11.1. The molecule has 4 nitrogen and oxygen atoms in total. The van der Waals surface area contributed by atoms with Gasteiger partial charge in [-0.3, -0.25) is 4.79 Å². The number of hydrogen-bond acceptors (Lipinski definition) is 2. The lowest BCUT2D eigenvalue weighted by molar-refractivity contribution is -0.144. The van der Waals surface area contributed by atoms with Crippen molar-refractivity contribution in [3.8, 4) is 0 Å². The van der Waals surface area contributed by atoms with E-state index in [1.807, 2.05) is 20.8 Å². The van der Waals surface area contributed by atoms with E-state index in [-0.39, 0.29) is 11.5 Å². The van der Waals surface area contributed by atoms with Crippen molar-refractivity contribution in [1.82, 2.24) is 0 Å². The molecular weight excluding hydrogens is 220 g/mol. The lowest BCUT2D eigenvalue weighted by Crippen LogP contribution is -2.23. The summed E-state index contributed by atoms with van der Waals surface area (Å²) in [5.74, 6) is -2.91. The Morgan fingerprint density at radius 2 is 1.82 bits per heavy atom. The third-order valence-corrected chi connectivity index (χ3v) is 2.55. The second-order valence-corrected chi connectivity index (χ2v) is 4.63. The molecule has 0 aliphatic rings. The first-order valence-corrected chi connectivity index (χ1v) is 6.06. The lowest BCUT2D eigenvalue weighted by atomic mass is 9.89. The molecule has 4 heteroatoms. The van der Waals surface area contributed by atoms with E-state index in [9.17, 15) is 9.59 Å². The molecule has 0 saturated carbocycles. The first kappa shape index (κ1) is 15.7. The van der Waals surface area contributed by atoms with Crippen molar-refractivity contribution >= 4 is 11.9 Å². The molecular formula is C13H22O4. The highest BCUT2D eigenvalue weighted by Gasteiger charge is 2.27. The first-order valence-electron chi connectivity index (χ1n) is 6.06. The molecule has 17 heavy (non-hydrogen) atoms. The van der Waals surface area contributed by atoms with Crippen molar-refractivity contribution in [3.05, 3.63) is 11.6 Å². The van der Waals surface area contributed by atoms with Crippen molar-refractivity contribution < 1.29 is 19.8 Å². The molecule has 0 spiro atoms. The number of carbonyl (C=O) groups is 2. The number of rotatable bonds is 8. The molecule has 0 aromatic rings. The zero-order valence-electron chi connectivity index (χ0n) is 10.8. The number of unbranched alkanes of at least 4 members (excludes halogenated alkanes) is 2. The Hall–Kier alpha value is -1.32. The van der Waals surface area contributed by atoms with Crippen molar-refractivity contribution in [2.45, 2.75) is 46.5 Å². The third-order valence-electron chi connectivity index (χ3n) is 2.55. The Labute approximate surface area is 102 Å². The number of aliphatic carboxylic acids is 2. The number of allylic oxidation sites excluding steroid dienone is 1. The van der Waals surface area contributed by atoms with E-state index in [0.717, 1.165) is 12.8 Å². The SMILES string of the molecule is CCCCC=C(C(=O)O)C(CC(C)C)C(=O)O. The third kappa shape index (κ3) is 6.09. The summed E-state index contributed by atoms with van der Waals surface area (Å²) in [5, 5.41) is 18.2. The Bertz CT molecular complexity index is 292. The van der Waals surface area contributed by atoms with Crippen LogP contribution in [0.5, 0.6) is 0 Å². The number of carboxylic acid groups (broad SMARTS) is 2. The van der Waals surface area contributed by atoms with Crippen LogP contribution in [0.3, 0.4) is 0 Å². The van der Waals surface area contributed by atoms with Crippen molar-refractivity contribution in [1.29, 1.82) is 0 Å². The molecule has 0 aliphatic heterocycles. The predicted molar refractivity (Wildman–Crippen MR) is 65.8 cm³/mol. The van der Waals surface area contributed by atoms with Crippen LogP contribution in [0.15, 0.2) is 11.6 Å². The van der Waals surface area contributed by atoms with Gasteiger partial charge in [0.25, 0.3) is 0 Å². The van der Waals surface area contributed by atoms with Gasteiger partial charge in [0.1, 0.15) is 0 Å². The predicted octanol–water partition coefficient (Wildman–Crippen LogP) is 2.93. The Kier molecular flexibility index (Phi) is 7.26. The van der Waals surface area contributed by atoms with E-state index in [4.69, 9.17) is 10.2 Å². The summed E-state index contributed by atoms with van der Waals surface area (Å²) in [6.07, 6.45) is 4.39. The normalized spacial score (nSPS) is 13.8. The van der Waals surface area contributed by atoms with E-state index in [2.05, 4.69) is 0 Å². The van der Waals surface area contributed by atoms with Gasteiger partial charge in [0.2, 0.25) is 0 Å². The van der Waals surface area contributed by atoms with Crippen LogP contribution >= 0.6 is 0 Å². The van der Waals surface area contributed by atoms with Crippen molar-refractivity contribution in [3.63, 3.8) is 0 Å². The Balaban J connectivity index is 4.89. The summed E-state index contributed by atoms with van der Waals surface area (Å²) in [6, 6.07) is 0. The summed E-state index contributed by atoms with van der Waals surface area (Å²) in [6.45, 7) is 5.79. The Morgan fingerprint density at radius 1 is 1.24 bits per heavy atom. The highest BCUT2D eigenvalue weighted by atomic mass is 16.4. The van der Waals surface area contributed by atoms with E-state index in [1.54, 1.807) is 6.08 Å². The zero-order valence-corrected chi connectivity index (χ0v) is 10.8. The van der Waals surface area contributed by atoms with Gasteiger partial charge in [-0.1, -0.05) is 39.7 Å². The van der Waals surface area contributed by atoms with Crippen molar-refractivity contribution in [2.24, 2.45) is 11.8 Å². The van der Waals surface area contributed by atoms with Crippen LogP contribution in [0.25, 0.3) is 0 Å². The first-order chi connectivity index (χ1) is 7.90. The van der Waals surface area contributed by atoms with Crippen LogP contribution in [0.4, 0.5) is 0 Å². The highest BCUT2D eigenvalue weighted by molar-refractivity contribution is 5.93. The van der Waals surface area contributed by atoms with Crippen LogP contribution in [-0.4, -0.2) is 22.2 Å². The van der Waals surface area contributed by atoms with Crippen LogP contribution in [-0.2, 0) is 9.59 Å². The molecule has 0 fully saturated rings. The molecule has 0 heterocycles. The van der Waals surface area contributed by atoms with E-state index >= 15 is 0 Å². The lowest BCUT2D eigenvalue weighted by Gasteiger charge is -2.15. The second kappa shape index (κ2) is 7.87. The van der Waals surface area contributed by atoms with Gasteiger partial charge in [-0.25, -0.2) is 4.79 Å². The fourth-order valence-corrected chi connectivity index (χ4v) is 1.67. The fourth-order valence-electron chi connectivity index (χ4n) is 1.67. The monoisotopic (exact) mass is 242 g/mol. The second-order valence-electron chi connectivity index (χ2n) is 4.63. The molecule has 0 aromatic heterocycles. The summed E-state index contributed by atoms with van der Waals surface area (Å²) >= 11 is 0. The molecule has 0 aliphatic carbocycles. The number of hydrogen-bond donors (Lipinski definition) is 2. The summed E-state index contributed by atoms with van der Waals surface area (Å²) in [4.78, 5) is 22.2. The molecule has 0 saturated heterocycles. The minimum absolute atomic E-state index is 0.0275. The topological polar surface area (TPSA) is 74.6 Å². The molecule has 98 valence electrons. The van der Waals surface area contributed by atoms with E-state index < -0.39 is 17.9 Å². The molecule has 0 amide bonds. The maximum Gasteiger partial charge on any atom is 0.332 e. The van der Waals surface area contributed by atoms with Gasteiger partial charge in [-0.15, -0.1) is 0 Å². The average Bonchev–Trinajstić information content (AvgIpc) is 2.20. The van der Waals surface area contributed by atoms with Crippen LogP contribution in [0.2, 0.25) is 0 Å². The quantitative estimate of drug-likeness (QED) is 0.507. The molecule has 0 radical (unpaired) electrons.